The van der Waals surface area contributed by atoms with Crippen LogP contribution in [0.25, 0.3) is 0 Å². The van der Waals surface area contributed by atoms with Crippen LogP contribution in [0.4, 0.5) is 11.5 Å². The molecule has 1 aromatic heterocycles. The molecule has 2 aliphatic rings. The van der Waals surface area contributed by atoms with Crippen molar-refractivity contribution in [3.8, 4) is 5.75 Å². The maximum atomic E-state index is 12.9. The van der Waals surface area contributed by atoms with Crippen molar-refractivity contribution in [1.82, 2.24) is 10.3 Å². The topological polar surface area (TPSA) is 83.6 Å². The largest absolute Gasteiger partial charge is 0.491 e. The van der Waals surface area contributed by atoms with Crippen LogP contribution in [-0.2, 0) is 11.3 Å². The van der Waals surface area contributed by atoms with Gasteiger partial charge in [0.2, 0.25) is 5.91 Å². The minimum absolute atomic E-state index is 0.0659. The van der Waals surface area contributed by atoms with Crippen molar-refractivity contribution in [2.45, 2.75) is 12.6 Å². The highest BCUT2D eigenvalue weighted by Gasteiger charge is 2.28. The lowest BCUT2D eigenvalue weighted by molar-refractivity contribution is -0.117. The Labute approximate surface area is 173 Å². The lowest BCUT2D eigenvalue weighted by atomic mass is 10.1. The van der Waals surface area contributed by atoms with Gasteiger partial charge < -0.3 is 20.3 Å². The number of rotatable bonds is 4. The standard InChI is InChI=1S/C23H20N4O3/c28-21-12-25-22-19(27(21)13-15-6-2-1-3-7-15)10-16(11-24-22)23(29)26-18-14-30-20-9-5-4-8-17(18)20/h1-11,18H,12-14H2,(H,24,25)(H,26,29). The number of nitrogens with one attached hydrogen (secondary N) is 2. The molecule has 150 valence electrons. The third kappa shape index (κ3) is 3.34. The number of carbonyl (C=O) groups excluding carboxylic acids is 2. The first-order chi connectivity index (χ1) is 14.7. The van der Waals surface area contributed by atoms with Crippen molar-refractivity contribution in [2.75, 3.05) is 23.4 Å². The summed E-state index contributed by atoms with van der Waals surface area (Å²) in [5.41, 5.74) is 2.96. The number of hydrogen-bond donors (Lipinski definition) is 2. The zero-order chi connectivity index (χ0) is 20.5. The van der Waals surface area contributed by atoms with Crippen LogP contribution in [-0.4, -0.2) is 29.9 Å². The second-order valence-corrected chi connectivity index (χ2v) is 7.29. The highest BCUT2D eigenvalue weighted by Crippen LogP contribution is 2.33. The fourth-order valence-corrected chi connectivity index (χ4v) is 3.77. The van der Waals surface area contributed by atoms with E-state index < -0.39 is 0 Å². The molecule has 0 aliphatic carbocycles. The number of amides is 2. The molecule has 0 spiro atoms. The van der Waals surface area contributed by atoms with E-state index in [0.29, 0.717) is 30.2 Å². The van der Waals surface area contributed by atoms with Gasteiger partial charge in [-0.05, 0) is 17.7 Å². The molecule has 0 radical (unpaired) electrons. The first kappa shape index (κ1) is 18.2. The lowest BCUT2D eigenvalue weighted by Crippen LogP contribution is -2.40. The first-order valence-electron chi connectivity index (χ1n) is 9.80. The second-order valence-electron chi connectivity index (χ2n) is 7.29. The van der Waals surface area contributed by atoms with Gasteiger partial charge in [0.05, 0.1) is 30.4 Å². The average molecular weight is 400 g/mol. The number of para-hydroxylation sites is 1. The summed E-state index contributed by atoms with van der Waals surface area (Å²) in [7, 11) is 0. The molecule has 30 heavy (non-hydrogen) atoms. The van der Waals surface area contributed by atoms with Crippen LogP contribution in [0.1, 0.15) is 27.5 Å². The van der Waals surface area contributed by atoms with Gasteiger partial charge in [-0.25, -0.2) is 4.98 Å². The molecule has 7 heteroatoms. The number of fused-ring (bicyclic) bond motifs is 2. The molecule has 1 unspecified atom stereocenters. The molecule has 7 nitrogen and oxygen atoms in total. The van der Waals surface area contributed by atoms with E-state index in [4.69, 9.17) is 4.74 Å². The summed E-state index contributed by atoms with van der Waals surface area (Å²) in [4.78, 5) is 31.5. The molecular weight excluding hydrogens is 380 g/mol. The summed E-state index contributed by atoms with van der Waals surface area (Å²) < 4.78 is 5.64. The Kier molecular flexibility index (Phi) is 4.55. The number of pyridine rings is 1. The van der Waals surface area contributed by atoms with Crippen LogP contribution in [0, 0.1) is 0 Å². The number of ether oxygens (including phenoxy) is 1. The summed E-state index contributed by atoms with van der Waals surface area (Å²) in [5, 5.41) is 6.03. The van der Waals surface area contributed by atoms with Gasteiger partial charge in [0.1, 0.15) is 12.4 Å². The molecule has 0 fully saturated rings. The maximum absolute atomic E-state index is 12.9. The van der Waals surface area contributed by atoms with Crippen LogP contribution in [0.5, 0.6) is 5.75 Å². The third-order valence-electron chi connectivity index (χ3n) is 5.32. The summed E-state index contributed by atoms with van der Waals surface area (Å²) in [6.45, 7) is 0.989. The van der Waals surface area contributed by atoms with E-state index in [9.17, 15) is 9.59 Å². The molecule has 1 atom stereocenters. The number of nitrogens with zero attached hydrogens (tertiary/aromatic N) is 2. The van der Waals surface area contributed by atoms with Crippen molar-refractivity contribution < 1.29 is 14.3 Å². The summed E-state index contributed by atoms with van der Waals surface area (Å²) in [5.74, 6) is 1.06. The van der Waals surface area contributed by atoms with Crippen LogP contribution >= 0.6 is 0 Å². The van der Waals surface area contributed by atoms with Gasteiger partial charge in [0, 0.05) is 11.8 Å². The van der Waals surface area contributed by atoms with Gasteiger partial charge in [-0.1, -0.05) is 48.5 Å². The van der Waals surface area contributed by atoms with E-state index in [1.54, 1.807) is 11.0 Å². The second kappa shape index (κ2) is 7.51. The monoisotopic (exact) mass is 400 g/mol. The Morgan fingerprint density at radius 1 is 1.17 bits per heavy atom. The van der Waals surface area contributed by atoms with Gasteiger partial charge >= 0.3 is 0 Å². The van der Waals surface area contributed by atoms with E-state index in [2.05, 4.69) is 15.6 Å². The Bertz CT molecular complexity index is 1120. The quantitative estimate of drug-likeness (QED) is 0.704. The molecular formula is C23H20N4O3. The van der Waals surface area contributed by atoms with Crippen molar-refractivity contribution in [2.24, 2.45) is 0 Å². The molecule has 5 rings (SSSR count). The molecule has 3 heterocycles. The lowest BCUT2D eigenvalue weighted by Gasteiger charge is -2.30. The molecule has 2 aromatic carbocycles. The highest BCUT2D eigenvalue weighted by molar-refractivity contribution is 6.04. The average Bonchev–Trinajstić information content (AvgIpc) is 3.19. The molecule has 3 aromatic rings. The number of hydrogen-bond acceptors (Lipinski definition) is 5. The predicted molar refractivity (Wildman–Crippen MR) is 113 cm³/mol. The number of carbonyl (C=O) groups is 2. The van der Waals surface area contributed by atoms with Crippen molar-refractivity contribution in [3.63, 3.8) is 0 Å². The van der Waals surface area contributed by atoms with Crippen LogP contribution in [0.2, 0.25) is 0 Å². The first-order valence-corrected chi connectivity index (χ1v) is 9.80. The fourth-order valence-electron chi connectivity index (χ4n) is 3.77. The van der Waals surface area contributed by atoms with Crippen LogP contribution in [0.15, 0.2) is 66.9 Å². The summed E-state index contributed by atoms with van der Waals surface area (Å²) in [6, 6.07) is 18.9. The van der Waals surface area contributed by atoms with E-state index in [-0.39, 0.29) is 24.4 Å². The Morgan fingerprint density at radius 3 is 2.83 bits per heavy atom. The Balaban J connectivity index is 1.40. The van der Waals surface area contributed by atoms with Crippen LogP contribution < -0.4 is 20.3 Å². The Morgan fingerprint density at radius 2 is 1.97 bits per heavy atom. The molecule has 0 bridgehead atoms. The number of anilines is 2. The zero-order valence-corrected chi connectivity index (χ0v) is 16.2. The van der Waals surface area contributed by atoms with Crippen molar-refractivity contribution in [3.05, 3.63) is 83.6 Å². The smallest absolute Gasteiger partial charge is 0.253 e. The maximum Gasteiger partial charge on any atom is 0.253 e. The third-order valence-corrected chi connectivity index (χ3v) is 5.32. The van der Waals surface area contributed by atoms with Gasteiger partial charge in [0.15, 0.2) is 5.82 Å². The van der Waals surface area contributed by atoms with Gasteiger partial charge in [0.25, 0.3) is 5.91 Å². The van der Waals surface area contributed by atoms with E-state index in [1.807, 2.05) is 54.6 Å². The zero-order valence-electron chi connectivity index (χ0n) is 16.2. The number of benzene rings is 2. The molecule has 0 saturated heterocycles. The van der Waals surface area contributed by atoms with Gasteiger partial charge in [-0.2, -0.15) is 0 Å². The summed E-state index contributed by atoms with van der Waals surface area (Å²) >= 11 is 0. The van der Waals surface area contributed by atoms with Gasteiger partial charge in [-0.3, -0.25) is 9.59 Å². The minimum atomic E-state index is -0.256. The molecule has 0 saturated carbocycles. The minimum Gasteiger partial charge on any atom is -0.491 e. The molecule has 2 N–H and O–H groups in total. The van der Waals surface area contributed by atoms with Crippen molar-refractivity contribution >= 4 is 23.3 Å². The predicted octanol–water partition coefficient (Wildman–Crippen LogP) is 2.90. The van der Waals surface area contributed by atoms with Crippen LogP contribution in [0.3, 0.4) is 0 Å². The Hall–Kier alpha value is -3.87. The van der Waals surface area contributed by atoms with Crippen molar-refractivity contribution in [1.29, 1.82) is 0 Å². The molecule has 2 aliphatic heterocycles. The number of aromatic nitrogens is 1. The summed E-state index contributed by atoms with van der Waals surface area (Å²) in [6.07, 6.45) is 1.53. The van der Waals surface area contributed by atoms with E-state index in [0.717, 1.165) is 16.9 Å². The normalized spacial score (nSPS) is 16.9. The van der Waals surface area contributed by atoms with E-state index >= 15 is 0 Å². The fraction of sp³-hybridized carbons (Fsp3) is 0.174. The SMILES string of the molecule is O=C(NC1COc2ccccc21)c1cnc2c(c1)N(Cc1ccccc1)C(=O)CN2. The van der Waals surface area contributed by atoms with E-state index in [1.165, 1.54) is 6.20 Å². The van der Waals surface area contributed by atoms with Gasteiger partial charge in [-0.15, -0.1) is 0 Å². The molecule has 2 amide bonds. The highest BCUT2D eigenvalue weighted by atomic mass is 16.5.